The zero-order valence-electron chi connectivity index (χ0n) is 11.1. The van der Waals surface area contributed by atoms with Gasteiger partial charge in [0.15, 0.2) is 0 Å². The van der Waals surface area contributed by atoms with E-state index < -0.39 is 11.5 Å². The third-order valence-electron chi connectivity index (χ3n) is 2.89. The summed E-state index contributed by atoms with van der Waals surface area (Å²) in [6, 6.07) is 9.60. The van der Waals surface area contributed by atoms with Gasteiger partial charge in [0.1, 0.15) is 5.54 Å². The zero-order chi connectivity index (χ0) is 14.5. The molecule has 1 aromatic carbocycles. The van der Waals surface area contributed by atoms with Gasteiger partial charge in [-0.15, -0.1) is 0 Å². The van der Waals surface area contributed by atoms with E-state index in [2.05, 4.69) is 17.9 Å². The third-order valence-corrected chi connectivity index (χ3v) is 3.33. The lowest BCUT2D eigenvalue weighted by atomic mass is 9.98. The van der Waals surface area contributed by atoms with Crippen molar-refractivity contribution in [2.75, 3.05) is 5.75 Å². The molecule has 0 aliphatic carbocycles. The Balaban J connectivity index is 2.70. The number of benzene rings is 1. The molecule has 0 aliphatic rings. The Morgan fingerprint density at radius 3 is 2.37 bits per heavy atom. The molecule has 0 spiro atoms. The summed E-state index contributed by atoms with van der Waals surface area (Å²) in [5.41, 5.74) is -0.237. The van der Waals surface area contributed by atoms with E-state index in [1.54, 1.807) is 0 Å². The molecule has 1 rings (SSSR count). The van der Waals surface area contributed by atoms with Crippen molar-refractivity contribution >= 4 is 24.5 Å². The fourth-order valence-corrected chi connectivity index (χ4v) is 1.90. The van der Waals surface area contributed by atoms with Crippen LogP contribution < -0.4 is 5.32 Å². The van der Waals surface area contributed by atoms with Crippen molar-refractivity contribution in [1.29, 1.82) is 0 Å². The molecule has 0 saturated carbocycles. The van der Waals surface area contributed by atoms with Crippen molar-refractivity contribution in [2.45, 2.75) is 25.8 Å². The van der Waals surface area contributed by atoms with Crippen molar-refractivity contribution in [2.24, 2.45) is 5.92 Å². The Kier molecular flexibility index (Phi) is 5.42. The lowest BCUT2D eigenvalue weighted by molar-refractivity contribution is -0.146. The van der Waals surface area contributed by atoms with Gasteiger partial charge in [-0.2, -0.15) is 12.6 Å². The number of hydrogen-bond donors (Lipinski definition) is 3. The fraction of sp³-hybridized carbons (Fsp3) is 0.429. The molecule has 0 fully saturated rings. The molecule has 5 heteroatoms. The lowest BCUT2D eigenvalue weighted by Crippen LogP contribution is -2.52. The molecule has 0 radical (unpaired) electrons. The summed E-state index contributed by atoms with van der Waals surface area (Å²) in [7, 11) is 0. The van der Waals surface area contributed by atoms with Gasteiger partial charge < -0.3 is 10.4 Å². The van der Waals surface area contributed by atoms with E-state index in [4.69, 9.17) is 5.11 Å². The van der Waals surface area contributed by atoms with E-state index in [1.165, 1.54) is 13.8 Å². The Morgan fingerprint density at radius 2 is 1.89 bits per heavy atom. The molecule has 1 amide bonds. The molecule has 0 aromatic heterocycles. The highest BCUT2D eigenvalue weighted by atomic mass is 32.1. The van der Waals surface area contributed by atoms with Crippen molar-refractivity contribution < 1.29 is 14.7 Å². The summed E-state index contributed by atoms with van der Waals surface area (Å²) in [6.45, 7) is 2.93. The zero-order valence-corrected chi connectivity index (χ0v) is 12.0. The predicted octanol–water partition coefficient (Wildman–Crippen LogP) is 1.75. The van der Waals surface area contributed by atoms with Crippen molar-refractivity contribution in [3.05, 3.63) is 35.9 Å². The number of amides is 1. The smallest absolute Gasteiger partial charge is 0.328 e. The molecular formula is C14H19NO3S. The molecule has 2 N–H and O–H groups in total. The van der Waals surface area contributed by atoms with E-state index in [9.17, 15) is 9.59 Å². The van der Waals surface area contributed by atoms with Crippen molar-refractivity contribution in [3.8, 4) is 0 Å². The quantitative estimate of drug-likeness (QED) is 0.696. The number of nitrogens with one attached hydrogen (secondary N) is 1. The van der Waals surface area contributed by atoms with Crippen LogP contribution in [0.3, 0.4) is 0 Å². The van der Waals surface area contributed by atoms with Crippen LogP contribution in [-0.4, -0.2) is 28.3 Å². The lowest BCUT2D eigenvalue weighted by Gasteiger charge is -2.24. The largest absolute Gasteiger partial charge is 0.480 e. The van der Waals surface area contributed by atoms with Gasteiger partial charge in [0, 0.05) is 5.75 Å². The van der Waals surface area contributed by atoms with E-state index in [0.717, 1.165) is 5.56 Å². The Bertz CT molecular complexity index is 445. The third kappa shape index (κ3) is 4.59. The maximum atomic E-state index is 12.1. The number of hydrogen-bond acceptors (Lipinski definition) is 3. The summed E-state index contributed by atoms with van der Waals surface area (Å²) in [5.74, 6) is -1.31. The van der Waals surface area contributed by atoms with Crippen LogP contribution in [0.4, 0.5) is 0 Å². The van der Waals surface area contributed by atoms with E-state index in [0.29, 0.717) is 12.2 Å². The number of carboxylic acid groups (broad SMARTS) is 1. The second-order valence-electron chi connectivity index (χ2n) is 4.99. The summed E-state index contributed by atoms with van der Waals surface area (Å²) >= 11 is 4.18. The van der Waals surface area contributed by atoms with Gasteiger partial charge in [0.2, 0.25) is 5.91 Å². The highest BCUT2D eigenvalue weighted by molar-refractivity contribution is 7.80. The first-order valence-corrected chi connectivity index (χ1v) is 6.70. The van der Waals surface area contributed by atoms with Crippen LogP contribution in [0, 0.1) is 5.92 Å². The van der Waals surface area contributed by atoms with Crippen LogP contribution in [0.2, 0.25) is 0 Å². The number of carboxylic acids is 1. The molecular weight excluding hydrogens is 262 g/mol. The minimum absolute atomic E-state index is 0.286. The van der Waals surface area contributed by atoms with Gasteiger partial charge in [-0.1, -0.05) is 30.3 Å². The number of carbonyl (C=O) groups is 2. The van der Waals surface area contributed by atoms with Crippen LogP contribution in [0.1, 0.15) is 19.4 Å². The van der Waals surface area contributed by atoms with E-state index >= 15 is 0 Å². The average molecular weight is 281 g/mol. The molecule has 0 aliphatic heterocycles. The molecule has 1 aromatic rings. The Morgan fingerprint density at radius 1 is 1.32 bits per heavy atom. The highest BCUT2D eigenvalue weighted by Crippen LogP contribution is 2.12. The minimum atomic E-state index is -1.27. The van der Waals surface area contributed by atoms with E-state index in [-0.39, 0.29) is 11.8 Å². The van der Waals surface area contributed by atoms with E-state index in [1.807, 2.05) is 30.3 Å². The number of carbonyl (C=O) groups excluding carboxylic acids is 1. The number of thiol groups is 1. The van der Waals surface area contributed by atoms with Crippen LogP contribution in [0.15, 0.2) is 30.3 Å². The number of rotatable bonds is 6. The first-order valence-electron chi connectivity index (χ1n) is 6.07. The SMILES string of the molecule is CC(C)(NC(=O)C(CS)Cc1ccccc1)C(=O)O. The molecule has 1 atom stereocenters. The maximum absolute atomic E-state index is 12.1. The summed E-state index contributed by atoms with van der Waals surface area (Å²) in [6.07, 6.45) is 0.547. The second-order valence-corrected chi connectivity index (χ2v) is 5.35. The van der Waals surface area contributed by atoms with Crippen LogP contribution in [0.5, 0.6) is 0 Å². The van der Waals surface area contributed by atoms with Crippen LogP contribution in [-0.2, 0) is 16.0 Å². The molecule has 19 heavy (non-hydrogen) atoms. The van der Waals surface area contributed by atoms with Crippen LogP contribution in [0.25, 0.3) is 0 Å². The fourth-order valence-electron chi connectivity index (χ4n) is 1.60. The van der Waals surface area contributed by atoms with Gasteiger partial charge in [0.25, 0.3) is 0 Å². The molecule has 0 saturated heterocycles. The Labute approximate surface area is 118 Å². The molecule has 0 heterocycles. The summed E-state index contributed by atoms with van der Waals surface area (Å²) in [5, 5.41) is 11.5. The van der Waals surface area contributed by atoms with Gasteiger partial charge in [-0.25, -0.2) is 4.79 Å². The first kappa shape index (κ1) is 15.6. The van der Waals surface area contributed by atoms with Crippen LogP contribution >= 0.6 is 12.6 Å². The number of aliphatic carboxylic acids is 1. The Hall–Kier alpha value is -1.49. The highest BCUT2D eigenvalue weighted by Gasteiger charge is 2.31. The van der Waals surface area contributed by atoms with Crippen molar-refractivity contribution in [1.82, 2.24) is 5.32 Å². The molecule has 1 unspecified atom stereocenters. The van der Waals surface area contributed by atoms with Gasteiger partial charge >= 0.3 is 5.97 Å². The van der Waals surface area contributed by atoms with Gasteiger partial charge in [-0.05, 0) is 25.8 Å². The molecule has 104 valence electrons. The predicted molar refractivity (Wildman–Crippen MR) is 77.3 cm³/mol. The standard InChI is InChI=1S/C14H19NO3S/c1-14(2,13(17)18)15-12(16)11(9-19)8-10-6-4-3-5-7-10/h3-7,11,19H,8-9H2,1-2H3,(H,15,16)(H,17,18). The maximum Gasteiger partial charge on any atom is 0.328 e. The van der Waals surface area contributed by atoms with Gasteiger partial charge in [0.05, 0.1) is 5.92 Å². The second kappa shape index (κ2) is 6.61. The monoisotopic (exact) mass is 281 g/mol. The summed E-state index contributed by atoms with van der Waals surface area (Å²) < 4.78 is 0. The van der Waals surface area contributed by atoms with Crippen molar-refractivity contribution in [3.63, 3.8) is 0 Å². The minimum Gasteiger partial charge on any atom is -0.480 e. The average Bonchev–Trinajstić information content (AvgIpc) is 2.36. The topological polar surface area (TPSA) is 66.4 Å². The molecule has 4 nitrogen and oxygen atoms in total. The first-order chi connectivity index (χ1) is 8.86. The normalized spacial score (nSPS) is 12.8. The molecule has 0 bridgehead atoms. The van der Waals surface area contributed by atoms with Gasteiger partial charge in [-0.3, -0.25) is 4.79 Å². The summed E-state index contributed by atoms with van der Waals surface area (Å²) in [4.78, 5) is 23.1.